The molecule has 0 amide bonds. The Morgan fingerprint density at radius 3 is 3.33 bits per heavy atom. The van der Waals surface area contributed by atoms with Crippen molar-refractivity contribution in [2.45, 2.75) is 19.4 Å². The Balaban J connectivity index is 2.37. The van der Waals surface area contributed by atoms with Crippen LogP contribution in [0.3, 0.4) is 0 Å². The summed E-state index contributed by atoms with van der Waals surface area (Å²) in [4.78, 5) is 0. The molecule has 1 saturated heterocycles. The lowest BCUT2D eigenvalue weighted by Crippen LogP contribution is -2.24. The monoisotopic (exact) mass is 143 g/mol. The van der Waals surface area contributed by atoms with Gasteiger partial charge in [-0.05, 0) is 19.1 Å². The second kappa shape index (κ2) is 3.16. The van der Waals surface area contributed by atoms with E-state index in [2.05, 4.69) is 18.8 Å². The molecule has 1 aliphatic rings. The van der Waals surface area contributed by atoms with E-state index in [1.807, 2.05) is 11.8 Å². The summed E-state index contributed by atoms with van der Waals surface area (Å²) < 4.78 is 0. The van der Waals surface area contributed by atoms with Crippen molar-refractivity contribution in [1.29, 1.82) is 0 Å². The molecule has 0 aromatic heterocycles. The van der Waals surface area contributed by atoms with Crippen LogP contribution in [0, 0.1) is 0 Å². The van der Waals surface area contributed by atoms with Gasteiger partial charge in [0.05, 0.1) is 0 Å². The highest BCUT2D eigenvalue weighted by atomic mass is 32.2. The molecule has 0 radical (unpaired) electrons. The van der Waals surface area contributed by atoms with Crippen LogP contribution in [0.15, 0.2) is 12.3 Å². The van der Waals surface area contributed by atoms with Crippen molar-refractivity contribution in [3.8, 4) is 0 Å². The van der Waals surface area contributed by atoms with Gasteiger partial charge in [0, 0.05) is 17.5 Å². The molecule has 0 spiro atoms. The van der Waals surface area contributed by atoms with E-state index in [1.165, 1.54) is 17.2 Å². The Morgan fingerprint density at radius 1 is 1.78 bits per heavy atom. The van der Waals surface area contributed by atoms with E-state index in [-0.39, 0.29) is 0 Å². The standard InChI is InChI=1S/C7H13NS/c1-6-3-4-9-5-7(2)8-6/h7-8H,1,3-5H2,2H3. The normalized spacial score (nSPS) is 29.0. The number of hydrogen-bond donors (Lipinski definition) is 1. The summed E-state index contributed by atoms with van der Waals surface area (Å²) in [5.41, 5.74) is 1.20. The van der Waals surface area contributed by atoms with Crippen LogP contribution in [0.2, 0.25) is 0 Å². The molecule has 1 fully saturated rings. The van der Waals surface area contributed by atoms with Crippen LogP contribution in [-0.2, 0) is 0 Å². The minimum atomic E-state index is 0.616. The van der Waals surface area contributed by atoms with E-state index in [1.54, 1.807) is 0 Å². The number of hydrogen-bond acceptors (Lipinski definition) is 2. The molecule has 1 N–H and O–H groups in total. The summed E-state index contributed by atoms with van der Waals surface area (Å²) in [6, 6.07) is 0.616. The van der Waals surface area contributed by atoms with Gasteiger partial charge in [0.1, 0.15) is 0 Å². The summed E-state index contributed by atoms with van der Waals surface area (Å²) in [5, 5.41) is 3.33. The van der Waals surface area contributed by atoms with Crippen LogP contribution in [0.5, 0.6) is 0 Å². The maximum absolute atomic E-state index is 3.90. The highest BCUT2D eigenvalue weighted by Crippen LogP contribution is 2.12. The van der Waals surface area contributed by atoms with Gasteiger partial charge < -0.3 is 5.32 Å². The number of allylic oxidation sites excluding steroid dienone is 1. The maximum atomic E-state index is 3.90. The molecule has 1 rings (SSSR count). The summed E-state index contributed by atoms with van der Waals surface area (Å²) in [5.74, 6) is 2.45. The fourth-order valence-corrected chi connectivity index (χ4v) is 1.91. The van der Waals surface area contributed by atoms with Crippen LogP contribution in [0.1, 0.15) is 13.3 Å². The quantitative estimate of drug-likeness (QED) is 0.553. The molecule has 0 bridgehead atoms. The fourth-order valence-electron chi connectivity index (χ4n) is 0.918. The van der Waals surface area contributed by atoms with E-state index in [4.69, 9.17) is 0 Å². The Labute approximate surface area is 60.9 Å². The maximum Gasteiger partial charge on any atom is 0.0320 e. The molecule has 0 aromatic carbocycles. The van der Waals surface area contributed by atoms with Gasteiger partial charge in [-0.15, -0.1) is 0 Å². The summed E-state index contributed by atoms with van der Waals surface area (Å²) >= 11 is 2.00. The van der Waals surface area contributed by atoms with Crippen LogP contribution in [-0.4, -0.2) is 17.5 Å². The Hall–Kier alpha value is -0.110. The number of thioether (sulfide) groups is 1. The van der Waals surface area contributed by atoms with Gasteiger partial charge in [0.15, 0.2) is 0 Å². The second-order valence-corrected chi connectivity index (χ2v) is 3.62. The third-order valence-electron chi connectivity index (χ3n) is 1.37. The summed E-state index contributed by atoms with van der Waals surface area (Å²) in [7, 11) is 0. The average molecular weight is 143 g/mol. The van der Waals surface area contributed by atoms with Crippen molar-refractivity contribution in [1.82, 2.24) is 5.32 Å². The lowest BCUT2D eigenvalue weighted by atomic mass is 10.3. The van der Waals surface area contributed by atoms with Crippen molar-refractivity contribution in [3.63, 3.8) is 0 Å². The minimum Gasteiger partial charge on any atom is -0.386 e. The molecule has 0 aromatic rings. The van der Waals surface area contributed by atoms with Crippen LogP contribution in [0.4, 0.5) is 0 Å². The van der Waals surface area contributed by atoms with E-state index in [9.17, 15) is 0 Å². The molecule has 1 nitrogen and oxygen atoms in total. The first-order valence-electron chi connectivity index (χ1n) is 3.31. The van der Waals surface area contributed by atoms with Gasteiger partial charge in [-0.25, -0.2) is 0 Å². The van der Waals surface area contributed by atoms with E-state index in [0.717, 1.165) is 6.42 Å². The van der Waals surface area contributed by atoms with Crippen LogP contribution in [0.25, 0.3) is 0 Å². The Bertz CT molecular complexity index is 111. The van der Waals surface area contributed by atoms with Gasteiger partial charge in [0.25, 0.3) is 0 Å². The SMILES string of the molecule is C=C1CCSCC(C)N1. The minimum absolute atomic E-state index is 0.616. The van der Waals surface area contributed by atoms with Crippen molar-refractivity contribution >= 4 is 11.8 Å². The van der Waals surface area contributed by atoms with Crippen LogP contribution >= 0.6 is 11.8 Å². The van der Waals surface area contributed by atoms with Gasteiger partial charge >= 0.3 is 0 Å². The molecular formula is C7H13NS. The smallest absolute Gasteiger partial charge is 0.0320 e. The Morgan fingerprint density at radius 2 is 2.56 bits per heavy atom. The highest BCUT2D eigenvalue weighted by Gasteiger charge is 2.06. The van der Waals surface area contributed by atoms with Gasteiger partial charge in [-0.1, -0.05) is 6.58 Å². The van der Waals surface area contributed by atoms with Crippen molar-refractivity contribution < 1.29 is 0 Å². The Kier molecular flexibility index (Phi) is 2.46. The molecule has 9 heavy (non-hydrogen) atoms. The zero-order chi connectivity index (χ0) is 6.69. The largest absolute Gasteiger partial charge is 0.386 e. The molecule has 1 aliphatic heterocycles. The average Bonchev–Trinajstić information content (AvgIpc) is 1.93. The predicted octanol–water partition coefficient (Wildman–Crippen LogP) is 1.62. The zero-order valence-corrected chi connectivity index (χ0v) is 6.63. The molecule has 0 aliphatic carbocycles. The van der Waals surface area contributed by atoms with Gasteiger partial charge in [-0.2, -0.15) is 11.8 Å². The van der Waals surface area contributed by atoms with Crippen molar-refractivity contribution in [2.75, 3.05) is 11.5 Å². The molecule has 1 unspecified atom stereocenters. The molecule has 1 heterocycles. The van der Waals surface area contributed by atoms with E-state index < -0.39 is 0 Å². The third kappa shape index (κ3) is 2.31. The molecule has 52 valence electrons. The van der Waals surface area contributed by atoms with E-state index >= 15 is 0 Å². The second-order valence-electron chi connectivity index (χ2n) is 2.47. The summed E-state index contributed by atoms with van der Waals surface area (Å²) in [6.45, 7) is 6.10. The molecular weight excluding hydrogens is 130 g/mol. The van der Waals surface area contributed by atoms with Crippen molar-refractivity contribution in [2.24, 2.45) is 0 Å². The van der Waals surface area contributed by atoms with Gasteiger partial charge in [0.2, 0.25) is 0 Å². The first-order valence-corrected chi connectivity index (χ1v) is 4.46. The predicted molar refractivity (Wildman–Crippen MR) is 43.7 cm³/mol. The lowest BCUT2D eigenvalue weighted by Gasteiger charge is -2.10. The number of nitrogens with one attached hydrogen (secondary N) is 1. The third-order valence-corrected chi connectivity index (χ3v) is 2.60. The fraction of sp³-hybridized carbons (Fsp3) is 0.714. The number of rotatable bonds is 0. The first-order chi connectivity index (χ1) is 4.29. The zero-order valence-electron chi connectivity index (χ0n) is 5.81. The molecule has 1 atom stereocenters. The van der Waals surface area contributed by atoms with Crippen molar-refractivity contribution in [3.05, 3.63) is 12.3 Å². The van der Waals surface area contributed by atoms with E-state index in [0.29, 0.717) is 6.04 Å². The lowest BCUT2D eigenvalue weighted by molar-refractivity contribution is 0.673. The topological polar surface area (TPSA) is 12.0 Å². The highest BCUT2D eigenvalue weighted by molar-refractivity contribution is 7.99. The summed E-state index contributed by atoms with van der Waals surface area (Å²) in [6.07, 6.45) is 1.13. The molecule has 2 heteroatoms. The van der Waals surface area contributed by atoms with Crippen LogP contribution < -0.4 is 5.32 Å². The van der Waals surface area contributed by atoms with Gasteiger partial charge in [-0.3, -0.25) is 0 Å². The first kappa shape index (κ1) is 7.00. The molecule has 0 saturated carbocycles.